The average Bonchev–Trinajstić information content (AvgIpc) is 2.65. The van der Waals surface area contributed by atoms with Crippen molar-refractivity contribution >= 4 is 24.1 Å². The molecule has 2 aromatic carbocycles. The topological polar surface area (TPSA) is 72.2 Å². The van der Waals surface area contributed by atoms with E-state index in [0.717, 1.165) is 11.1 Å². The monoisotopic (exact) mass is 382 g/mol. The Morgan fingerprint density at radius 2 is 1.50 bits per heavy atom. The Bertz CT molecular complexity index is 722. The van der Waals surface area contributed by atoms with Gasteiger partial charge in [0.25, 0.3) is 5.92 Å². The highest BCUT2D eigenvalue weighted by atomic mass is 35.5. The Morgan fingerprint density at radius 3 is 2.08 bits per heavy atom. The number of Topliss-reactive ketones (excluding diaryl/α,β-unsaturated/α-hetero) is 1. The van der Waals surface area contributed by atoms with E-state index in [0.29, 0.717) is 5.56 Å². The molecule has 4 nitrogen and oxygen atoms in total. The summed E-state index contributed by atoms with van der Waals surface area (Å²) in [7, 11) is 0. The minimum Gasteiger partial charge on any atom is -0.350 e. The highest BCUT2D eigenvalue weighted by Gasteiger charge is 2.27. The van der Waals surface area contributed by atoms with Crippen LogP contribution in [0.2, 0.25) is 0 Å². The Morgan fingerprint density at radius 1 is 0.923 bits per heavy atom. The van der Waals surface area contributed by atoms with Crippen LogP contribution in [-0.4, -0.2) is 30.7 Å². The second kappa shape index (κ2) is 9.99. The fourth-order valence-corrected chi connectivity index (χ4v) is 2.24. The van der Waals surface area contributed by atoms with Crippen LogP contribution in [0.5, 0.6) is 0 Å². The van der Waals surface area contributed by atoms with Crippen molar-refractivity contribution in [3.8, 4) is 11.1 Å². The first-order valence-electron chi connectivity index (χ1n) is 7.94. The predicted octanol–water partition coefficient (Wildman–Crippen LogP) is 3.45. The Balaban J connectivity index is 0.00000338. The van der Waals surface area contributed by atoms with Gasteiger partial charge in [-0.15, -0.1) is 12.4 Å². The summed E-state index contributed by atoms with van der Waals surface area (Å²) in [6, 6.07) is 16.8. The predicted molar refractivity (Wildman–Crippen MR) is 99.7 cm³/mol. The zero-order valence-corrected chi connectivity index (χ0v) is 14.9. The second-order valence-corrected chi connectivity index (χ2v) is 5.70. The first kappa shape index (κ1) is 21.7. The van der Waals surface area contributed by atoms with Crippen molar-refractivity contribution in [2.45, 2.75) is 18.8 Å². The number of amides is 1. The molecule has 0 aliphatic carbocycles. The molecule has 0 atom stereocenters. The smallest absolute Gasteiger partial charge is 0.277 e. The molecule has 0 spiro atoms. The van der Waals surface area contributed by atoms with E-state index >= 15 is 0 Å². The maximum absolute atomic E-state index is 12.9. The molecule has 7 heteroatoms. The number of halogens is 3. The van der Waals surface area contributed by atoms with E-state index < -0.39 is 24.9 Å². The van der Waals surface area contributed by atoms with Gasteiger partial charge in [0.1, 0.15) is 0 Å². The highest BCUT2D eigenvalue weighted by Crippen LogP contribution is 2.20. The molecule has 3 N–H and O–H groups in total. The number of carbonyl (C=O) groups excluding carboxylic acids is 2. The number of hydrogen-bond acceptors (Lipinski definition) is 3. The Labute approximate surface area is 157 Å². The van der Waals surface area contributed by atoms with E-state index in [9.17, 15) is 18.4 Å². The summed E-state index contributed by atoms with van der Waals surface area (Å²) in [5.41, 5.74) is 7.40. The van der Waals surface area contributed by atoms with Crippen molar-refractivity contribution < 1.29 is 18.4 Å². The second-order valence-electron chi connectivity index (χ2n) is 5.70. The maximum Gasteiger partial charge on any atom is 0.277 e. The van der Waals surface area contributed by atoms with Gasteiger partial charge in [0.05, 0.1) is 13.1 Å². The quantitative estimate of drug-likeness (QED) is 0.687. The molecule has 0 saturated carbocycles. The van der Waals surface area contributed by atoms with E-state index in [1.165, 1.54) is 0 Å². The van der Waals surface area contributed by atoms with Crippen molar-refractivity contribution in [3.63, 3.8) is 0 Å². The molecule has 0 bridgehead atoms. The molecule has 26 heavy (non-hydrogen) atoms. The molecule has 0 saturated heterocycles. The molecular weight excluding hydrogens is 362 g/mol. The lowest BCUT2D eigenvalue weighted by atomic mass is 10.0. The van der Waals surface area contributed by atoms with E-state index in [2.05, 4.69) is 5.32 Å². The largest absolute Gasteiger partial charge is 0.350 e. The van der Waals surface area contributed by atoms with Crippen LogP contribution >= 0.6 is 12.4 Å². The van der Waals surface area contributed by atoms with Crippen LogP contribution in [-0.2, 0) is 4.79 Å². The molecule has 0 aliphatic rings. The van der Waals surface area contributed by atoms with Gasteiger partial charge in [-0.1, -0.05) is 54.6 Å². The molecule has 140 valence electrons. The van der Waals surface area contributed by atoms with E-state index in [-0.39, 0.29) is 31.0 Å². The van der Waals surface area contributed by atoms with E-state index in [4.69, 9.17) is 5.73 Å². The molecule has 2 rings (SSSR count). The number of hydrogen-bond donors (Lipinski definition) is 2. The average molecular weight is 383 g/mol. The highest BCUT2D eigenvalue weighted by molar-refractivity contribution is 5.98. The van der Waals surface area contributed by atoms with Crippen molar-refractivity contribution in [2.75, 3.05) is 13.1 Å². The summed E-state index contributed by atoms with van der Waals surface area (Å²) >= 11 is 0. The number of carbonyl (C=O) groups is 2. The van der Waals surface area contributed by atoms with Gasteiger partial charge < -0.3 is 11.1 Å². The molecule has 0 heterocycles. The number of benzene rings is 2. The van der Waals surface area contributed by atoms with Gasteiger partial charge in [-0.3, -0.25) is 9.59 Å². The number of nitrogens with two attached hydrogens (primary N) is 1. The van der Waals surface area contributed by atoms with Gasteiger partial charge in [-0.25, -0.2) is 8.78 Å². The first-order valence-corrected chi connectivity index (χ1v) is 7.94. The summed E-state index contributed by atoms with van der Waals surface area (Å²) in [5.74, 6) is -3.94. The van der Waals surface area contributed by atoms with Crippen LogP contribution < -0.4 is 11.1 Å². The molecular formula is C19H21ClF2N2O2. The van der Waals surface area contributed by atoms with Gasteiger partial charge in [0.2, 0.25) is 5.91 Å². The van der Waals surface area contributed by atoms with Crippen LogP contribution in [0.1, 0.15) is 23.2 Å². The van der Waals surface area contributed by atoms with Gasteiger partial charge in [0, 0.05) is 18.4 Å². The molecule has 0 fully saturated rings. The first-order chi connectivity index (χ1) is 11.9. The third-order valence-electron chi connectivity index (χ3n) is 3.74. The molecule has 0 aliphatic heterocycles. The summed E-state index contributed by atoms with van der Waals surface area (Å²) in [4.78, 5) is 23.6. The fourth-order valence-electron chi connectivity index (χ4n) is 2.24. The maximum atomic E-state index is 12.9. The van der Waals surface area contributed by atoms with Crippen LogP contribution in [0.3, 0.4) is 0 Å². The normalized spacial score (nSPS) is 10.7. The Hall–Kier alpha value is -2.31. The zero-order chi connectivity index (χ0) is 18.3. The van der Waals surface area contributed by atoms with Gasteiger partial charge in [0.15, 0.2) is 5.78 Å². The standard InChI is InChI=1S/C19H20F2N2O2.ClH/c20-19(21,12-22)13-23-18(25)11-10-17(24)16-8-6-15(7-9-16)14-4-2-1-3-5-14;/h1-9H,10-13,22H2,(H,23,25);1H. The number of nitrogens with one attached hydrogen (secondary N) is 1. The number of alkyl halides is 2. The third-order valence-corrected chi connectivity index (χ3v) is 3.74. The minimum atomic E-state index is -3.13. The molecule has 0 aromatic heterocycles. The van der Waals surface area contributed by atoms with Gasteiger partial charge in [-0.2, -0.15) is 0 Å². The van der Waals surface area contributed by atoms with Crippen molar-refractivity contribution in [1.29, 1.82) is 0 Å². The molecule has 1 amide bonds. The van der Waals surface area contributed by atoms with Crippen LogP contribution in [0, 0.1) is 0 Å². The van der Waals surface area contributed by atoms with Crippen LogP contribution in [0.15, 0.2) is 54.6 Å². The van der Waals surface area contributed by atoms with E-state index in [1.807, 2.05) is 42.5 Å². The van der Waals surface area contributed by atoms with Crippen molar-refractivity contribution in [2.24, 2.45) is 5.73 Å². The van der Waals surface area contributed by atoms with Crippen LogP contribution in [0.25, 0.3) is 11.1 Å². The Kier molecular flexibility index (Phi) is 8.35. The summed E-state index contributed by atoms with van der Waals surface area (Å²) in [6.07, 6.45) is -0.176. The fraction of sp³-hybridized carbons (Fsp3) is 0.263. The summed E-state index contributed by atoms with van der Waals surface area (Å²) in [5, 5.41) is 2.09. The summed E-state index contributed by atoms with van der Waals surface area (Å²) in [6.45, 7) is -1.65. The minimum absolute atomic E-state index is 0. The van der Waals surface area contributed by atoms with E-state index in [1.54, 1.807) is 12.1 Å². The van der Waals surface area contributed by atoms with Gasteiger partial charge >= 0.3 is 0 Å². The summed E-state index contributed by atoms with van der Waals surface area (Å²) < 4.78 is 25.9. The molecule has 0 unspecified atom stereocenters. The lowest BCUT2D eigenvalue weighted by Crippen LogP contribution is -2.41. The molecule has 0 radical (unpaired) electrons. The van der Waals surface area contributed by atoms with Crippen molar-refractivity contribution in [1.82, 2.24) is 5.32 Å². The van der Waals surface area contributed by atoms with Crippen LogP contribution in [0.4, 0.5) is 8.78 Å². The SMILES string of the molecule is Cl.NCC(F)(F)CNC(=O)CCC(=O)c1ccc(-c2ccccc2)cc1. The lowest BCUT2D eigenvalue weighted by molar-refractivity contribution is -0.122. The molecule has 2 aromatic rings. The lowest BCUT2D eigenvalue weighted by Gasteiger charge is -2.14. The number of rotatable bonds is 8. The van der Waals surface area contributed by atoms with Crippen molar-refractivity contribution in [3.05, 3.63) is 60.2 Å². The number of ketones is 1. The third kappa shape index (κ3) is 6.54. The van der Waals surface area contributed by atoms with Gasteiger partial charge in [-0.05, 0) is 11.1 Å². The zero-order valence-electron chi connectivity index (χ0n) is 14.1.